The second-order valence-electron chi connectivity index (χ2n) is 5.06. The fourth-order valence-corrected chi connectivity index (χ4v) is 2.39. The molecule has 0 unspecified atom stereocenters. The fourth-order valence-electron chi connectivity index (χ4n) is 1.56. The lowest BCUT2D eigenvalue weighted by Crippen LogP contribution is -2.48. The molecule has 0 aliphatic heterocycles. The molecule has 2 rings (SSSR count). The SMILES string of the molecule is CC(C)(CN)NC(=O)c1csc(-c2ccccc2F)n1. The van der Waals surface area contributed by atoms with Crippen LogP contribution in [0.25, 0.3) is 10.6 Å². The van der Waals surface area contributed by atoms with Crippen molar-refractivity contribution in [1.82, 2.24) is 10.3 Å². The second kappa shape index (κ2) is 5.68. The monoisotopic (exact) mass is 293 g/mol. The van der Waals surface area contributed by atoms with Crippen molar-refractivity contribution in [3.05, 3.63) is 41.2 Å². The van der Waals surface area contributed by atoms with Crippen LogP contribution in [0.5, 0.6) is 0 Å². The zero-order chi connectivity index (χ0) is 14.8. The number of carbonyl (C=O) groups is 1. The van der Waals surface area contributed by atoms with Crippen molar-refractivity contribution in [2.24, 2.45) is 5.73 Å². The molecular weight excluding hydrogens is 277 g/mol. The molecule has 1 aromatic heterocycles. The molecule has 106 valence electrons. The van der Waals surface area contributed by atoms with E-state index in [1.54, 1.807) is 23.6 Å². The lowest BCUT2D eigenvalue weighted by Gasteiger charge is -2.23. The normalized spacial score (nSPS) is 11.4. The number of thiazole rings is 1. The first kappa shape index (κ1) is 14.6. The molecule has 1 amide bonds. The highest BCUT2D eigenvalue weighted by Crippen LogP contribution is 2.26. The van der Waals surface area contributed by atoms with E-state index >= 15 is 0 Å². The van der Waals surface area contributed by atoms with E-state index < -0.39 is 5.54 Å². The van der Waals surface area contributed by atoms with Crippen molar-refractivity contribution in [1.29, 1.82) is 0 Å². The van der Waals surface area contributed by atoms with Crippen LogP contribution in [0.2, 0.25) is 0 Å². The molecule has 4 nitrogen and oxygen atoms in total. The van der Waals surface area contributed by atoms with Crippen molar-refractivity contribution in [3.8, 4) is 10.6 Å². The highest BCUT2D eigenvalue weighted by molar-refractivity contribution is 7.13. The molecule has 0 saturated heterocycles. The standard InChI is InChI=1S/C14H16FN3OS/c1-14(2,8-16)18-12(19)11-7-20-13(17-11)9-5-3-4-6-10(9)15/h3-7H,8,16H2,1-2H3,(H,18,19). The summed E-state index contributed by atoms with van der Waals surface area (Å²) in [5.74, 6) is -0.657. The van der Waals surface area contributed by atoms with Gasteiger partial charge in [0.05, 0.1) is 0 Å². The van der Waals surface area contributed by atoms with Crippen LogP contribution in [0, 0.1) is 5.82 Å². The summed E-state index contributed by atoms with van der Waals surface area (Å²) in [6.45, 7) is 3.98. The Hall–Kier alpha value is -1.79. The number of rotatable bonds is 4. The molecule has 0 radical (unpaired) electrons. The molecule has 0 aliphatic carbocycles. The molecule has 0 bridgehead atoms. The quantitative estimate of drug-likeness (QED) is 0.909. The lowest BCUT2D eigenvalue weighted by molar-refractivity contribution is 0.0911. The van der Waals surface area contributed by atoms with Gasteiger partial charge in [0.2, 0.25) is 0 Å². The van der Waals surface area contributed by atoms with Gasteiger partial charge < -0.3 is 11.1 Å². The Labute approximate surface area is 120 Å². The summed E-state index contributed by atoms with van der Waals surface area (Å²) in [6.07, 6.45) is 0. The van der Waals surface area contributed by atoms with Crippen LogP contribution in [-0.2, 0) is 0 Å². The van der Waals surface area contributed by atoms with Crippen LogP contribution in [0.15, 0.2) is 29.6 Å². The number of hydrogen-bond acceptors (Lipinski definition) is 4. The molecule has 1 aromatic carbocycles. The topological polar surface area (TPSA) is 68.0 Å². The first-order valence-corrected chi connectivity index (χ1v) is 7.04. The predicted octanol–water partition coefficient (Wildman–Crippen LogP) is 2.42. The van der Waals surface area contributed by atoms with Crippen LogP contribution < -0.4 is 11.1 Å². The number of amides is 1. The van der Waals surface area contributed by atoms with E-state index in [-0.39, 0.29) is 17.4 Å². The molecule has 0 aliphatic rings. The van der Waals surface area contributed by atoms with Crippen molar-refractivity contribution in [2.75, 3.05) is 6.54 Å². The largest absolute Gasteiger partial charge is 0.345 e. The first-order chi connectivity index (χ1) is 9.43. The van der Waals surface area contributed by atoms with E-state index in [1.807, 2.05) is 13.8 Å². The van der Waals surface area contributed by atoms with Crippen molar-refractivity contribution < 1.29 is 9.18 Å². The third-order valence-corrected chi connectivity index (χ3v) is 3.68. The average Bonchev–Trinajstić information content (AvgIpc) is 2.88. The molecule has 0 saturated carbocycles. The smallest absolute Gasteiger partial charge is 0.271 e. The van der Waals surface area contributed by atoms with Crippen LogP contribution >= 0.6 is 11.3 Å². The minimum absolute atomic E-state index is 0.273. The van der Waals surface area contributed by atoms with Gasteiger partial charge in [0.25, 0.3) is 5.91 Å². The third-order valence-electron chi connectivity index (χ3n) is 2.80. The molecule has 0 fully saturated rings. The van der Waals surface area contributed by atoms with Crippen LogP contribution in [-0.4, -0.2) is 23.0 Å². The van der Waals surface area contributed by atoms with Crippen LogP contribution in [0.1, 0.15) is 24.3 Å². The van der Waals surface area contributed by atoms with E-state index in [2.05, 4.69) is 10.3 Å². The van der Waals surface area contributed by atoms with Crippen molar-refractivity contribution in [2.45, 2.75) is 19.4 Å². The van der Waals surface area contributed by atoms with Gasteiger partial charge >= 0.3 is 0 Å². The Kier molecular flexibility index (Phi) is 4.15. The number of nitrogens with zero attached hydrogens (tertiary/aromatic N) is 1. The Bertz CT molecular complexity index is 624. The van der Waals surface area contributed by atoms with E-state index in [0.717, 1.165) is 0 Å². The number of benzene rings is 1. The summed E-state index contributed by atoms with van der Waals surface area (Å²) in [7, 11) is 0. The molecular formula is C14H16FN3OS. The second-order valence-corrected chi connectivity index (χ2v) is 5.92. The van der Waals surface area contributed by atoms with Crippen LogP contribution in [0.3, 0.4) is 0 Å². The van der Waals surface area contributed by atoms with Gasteiger partial charge in [0.1, 0.15) is 16.5 Å². The average molecular weight is 293 g/mol. The highest BCUT2D eigenvalue weighted by Gasteiger charge is 2.21. The molecule has 1 heterocycles. The Balaban J connectivity index is 2.22. The maximum absolute atomic E-state index is 13.7. The van der Waals surface area contributed by atoms with Gasteiger partial charge in [0.15, 0.2) is 0 Å². The highest BCUT2D eigenvalue weighted by atomic mass is 32.1. The fraction of sp³-hybridized carbons (Fsp3) is 0.286. The summed E-state index contributed by atoms with van der Waals surface area (Å²) < 4.78 is 13.7. The van der Waals surface area contributed by atoms with Crippen molar-refractivity contribution in [3.63, 3.8) is 0 Å². The van der Waals surface area contributed by atoms with Crippen LogP contribution in [0.4, 0.5) is 4.39 Å². The minimum atomic E-state index is -0.501. The van der Waals surface area contributed by atoms with Gasteiger partial charge in [0, 0.05) is 23.0 Å². The number of carbonyl (C=O) groups excluding carboxylic acids is 1. The van der Waals surface area contributed by atoms with Gasteiger partial charge in [-0.25, -0.2) is 9.37 Å². The van der Waals surface area contributed by atoms with E-state index in [1.165, 1.54) is 17.4 Å². The van der Waals surface area contributed by atoms with Gasteiger partial charge in [-0.1, -0.05) is 12.1 Å². The molecule has 2 aromatic rings. The summed E-state index contributed by atoms with van der Waals surface area (Å²) in [6, 6.07) is 6.36. The van der Waals surface area contributed by atoms with Gasteiger partial charge in [-0.15, -0.1) is 11.3 Å². The number of nitrogens with one attached hydrogen (secondary N) is 1. The summed E-state index contributed by atoms with van der Waals surface area (Å²) in [5, 5.41) is 4.89. The van der Waals surface area contributed by atoms with Crippen molar-refractivity contribution >= 4 is 17.2 Å². The van der Waals surface area contributed by atoms with E-state index in [9.17, 15) is 9.18 Å². The first-order valence-electron chi connectivity index (χ1n) is 6.16. The molecule has 3 N–H and O–H groups in total. The maximum Gasteiger partial charge on any atom is 0.271 e. The predicted molar refractivity (Wildman–Crippen MR) is 78.1 cm³/mol. The minimum Gasteiger partial charge on any atom is -0.345 e. The number of halogens is 1. The van der Waals surface area contributed by atoms with E-state index in [0.29, 0.717) is 17.1 Å². The Morgan fingerprint density at radius 1 is 1.45 bits per heavy atom. The maximum atomic E-state index is 13.7. The number of aromatic nitrogens is 1. The lowest BCUT2D eigenvalue weighted by atomic mass is 10.1. The molecule has 20 heavy (non-hydrogen) atoms. The summed E-state index contributed by atoms with van der Waals surface area (Å²) in [5.41, 5.74) is 5.74. The van der Waals surface area contributed by atoms with Gasteiger partial charge in [-0.2, -0.15) is 0 Å². The van der Waals surface area contributed by atoms with E-state index in [4.69, 9.17) is 5.73 Å². The summed E-state index contributed by atoms with van der Waals surface area (Å²) >= 11 is 1.24. The summed E-state index contributed by atoms with van der Waals surface area (Å²) in [4.78, 5) is 16.2. The Morgan fingerprint density at radius 2 is 2.15 bits per heavy atom. The molecule has 0 atom stereocenters. The number of nitrogens with two attached hydrogens (primary N) is 1. The third kappa shape index (κ3) is 3.20. The zero-order valence-corrected chi connectivity index (χ0v) is 12.1. The van der Waals surface area contributed by atoms with Gasteiger partial charge in [-0.3, -0.25) is 4.79 Å². The zero-order valence-electron chi connectivity index (χ0n) is 11.3. The Morgan fingerprint density at radius 3 is 2.80 bits per heavy atom. The van der Waals surface area contributed by atoms with Gasteiger partial charge in [-0.05, 0) is 26.0 Å². The molecule has 0 spiro atoms. The number of hydrogen-bond donors (Lipinski definition) is 2. The molecule has 6 heteroatoms.